The molecule has 0 radical (unpaired) electrons. The number of nitrogens with one attached hydrogen (secondary N) is 1. The normalized spacial score (nSPS) is 9.59. The number of hydrazone groups is 1. The first-order chi connectivity index (χ1) is 7.91. The Morgan fingerprint density at radius 1 is 1.41 bits per heavy atom. The number of benzene rings is 1. The van der Waals surface area contributed by atoms with Crippen LogP contribution in [0.3, 0.4) is 0 Å². The molecule has 6 heteroatoms. The molecule has 0 aliphatic heterocycles. The highest BCUT2D eigenvalue weighted by Gasteiger charge is 2.14. The monoisotopic (exact) mass is 235 g/mol. The Morgan fingerprint density at radius 3 is 2.59 bits per heavy atom. The third kappa shape index (κ3) is 3.37. The lowest BCUT2D eigenvalue weighted by molar-refractivity contribution is -0.385. The van der Waals surface area contributed by atoms with Gasteiger partial charge in [-0.2, -0.15) is 5.10 Å². The van der Waals surface area contributed by atoms with Crippen LogP contribution in [0.25, 0.3) is 0 Å². The molecular weight excluding hydrogens is 222 g/mol. The molecule has 1 aromatic carbocycles. The largest absolute Gasteiger partial charge is 0.273 e. The lowest BCUT2D eigenvalue weighted by Gasteiger charge is -2.02. The molecule has 6 nitrogen and oxygen atoms in total. The third-order valence-corrected chi connectivity index (χ3v) is 2.05. The standard InChI is InChI=1S/C11H13N3O3/c1-7(2)12-13-11(15)9-5-4-8(3)10(6-9)14(16)17/h4-6H,1-3H3,(H,13,15). The Bertz CT molecular complexity index is 491. The van der Waals surface area contributed by atoms with Gasteiger partial charge >= 0.3 is 0 Å². The number of nitrogens with zero attached hydrogens (tertiary/aromatic N) is 2. The van der Waals surface area contributed by atoms with Crippen molar-refractivity contribution in [2.45, 2.75) is 20.8 Å². The number of amides is 1. The average Bonchev–Trinajstić information content (AvgIpc) is 2.26. The Labute approximate surface area is 98.5 Å². The molecule has 0 bridgehead atoms. The Hall–Kier alpha value is -2.24. The van der Waals surface area contributed by atoms with Gasteiger partial charge in [-0.15, -0.1) is 0 Å². The van der Waals surface area contributed by atoms with Gasteiger partial charge in [-0.05, 0) is 26.8 Å². The van der Waals surface area contributed by atoms with Crippen molar-refractivity contribution in [2.75, 3.05) is 0 Å². The van der Waals surface area contributed by atoms with Gasteiger partial charge in [0.05, 0.1) is 4.92 Å². The van der Waals surface area contributed by atoms with Crippen LogP contribution in [0.5, 0.6) is 0 Å². The summed E-state index contributed by atoms with van der Waals surface area (Å²) in [7, 11) is 0. The molecular formula is C11H13N3O3. The summed E-state index contributed by atoms with van der Waals surface area (Å²) < 4.78 is 0. The number of aryl methyl sites for hydroxylation is 1. The summed E-state index contributed by atoms with van der Waals surface area (Å²) in [6, 6.07) is 4.30. The van der Waals surface area contributed by atoms with Crippen LogP contribution >= 0.6 is 0 Å². The maximum Gasteiger partial charge on any atom is 0.273 e. The highest BCUT2D eigenvalue weighted by molar-refractivity contribution is 5.95. The van der Waals surface area contributed by atoms with Crippen molar-refractivity contribution in [1.29, 1.82) is 0 Å². The van der Waals surface area contributed by atoms with E-state index in [1.807, 2.05) is 0 Å². The molecule has 0 atom stereocenters. The minimum atomic E-state index is -0.513. The molecule has 17 heavy (non-hydrogen) atoms. The SMILES string of the molecule is CC(C)=NNC(=O)c1ccc(C)c([N+](=O)[O-])c1. The predicted molar refractivity (Wildman–Crippen MR) is 64.1 cm³/mol. The van der Waals surface area contributed by atoms with Crippen LogP contribution in [0, 0.1) is 17.0 Å². The van der Waals surface area contributed by atoms with Crippen LogP contribution in [-0.2, 0) is 0 Å². The van der Waals surface area contributed by atoms with Gasteiger partial charge in [0.2, 0.25) is 0 Å². The van der Waals surface area contributed by atoms with Crippen LogP contribution in [-0.4, -0.2) is 16.5 Å². The summed E-state index contributed by atoms with van der Waals surface area (Å²) in [5.74, 6) is -0.464. The predicted octanol–water partition coefficient (Wildman–Crippen LogP) is 2.03. The van der Waals surface area contributed by atoms with E-state index < -0.39 is 10.8 Å². The zero-order chi connectivity index (χ0) is 13.0. The summed E-state index contributed by atoms with van der Waals surface area (Å²) >= 11 is 0. The molecule has 1 rings (SSSR count). The van der Waals surface area contributed by atoms with Crippen molar-refractivity contribution in [3.05, 3.63) is 39.4 Å². The van der Waals surface area contributed by atoms with Gasteiger partial charge in [0.25, 0.3) is 11.6 Å². The number of nitro groups is 1. The lowest BCUT2D eigenvalue weighted by atomic mass is 10.1. The van der Waals surface area contributed by atoms with E-state index in [0.717, 1.165) is 0 Å². The molecule has 0 unspecified atom stereocenters. The fourth-order valence-electron chi connectivity index (χ4n) is 1.17. The van der Waals surface area contributed by atoms with E-state index in [2.05, 4.69) is 10.5 Å². The number of hydrogen-bond acceptors (Lipinski definition) is 4. The maximum atomic E-state index is 11.6. The summed E-state index contributed by atoms with van der Waals surface area (Å²) in [4.78, 5) is 21.8. The van der Waals surface area contributed by atoms with Crippen molar-refractivity contribution in [3.63, 3.8) is 0 Å². The zero-order valence-electron chi connectivity index (χ0n) is 9.85. The van der Waals surface area contributed by atoms with Gasteiger partial charge in [-0.3, -0.25) is 14.9 Å². The fourth-order valence-corrected chi connectivity index (χ4v) is 1.17. The molecule has 0 aliphatic rings. The van der Waals surface area contributed by atoms with Crippen molar-refractivity contribution < 1.29 is 9.72 Å². The number of hydrogen-bond donors (Lipinski definition) is 1. The second-order valence-corrected chi connectivity index (χ2v) is 3.76. The van der Waals surface area contributed by atoms with Gasteiger partial charge in [0.15, 0.2) is 0 Å². The zero-order valence-corrected chi connectivity index (χ0v) is 9.85. The van der Waals surface area contributed by atoms with E-state index in [-0.39, 0.29) is 11.3 Å². The van der Waals surface area contributed by atoms with Crippen LogP contribution in [0.1, 0.15) is 29.8 Å². The van der Waals surface area contributed by atoms with Gasteiger partial charge in [-0.25, -0.2) is 5.43 Å². The fraction of sp³-hybridized carbons (Fsp3) is 0.273. The van der Waals surface area contributed by atoms with Crippen molar-refractivity contribution in [2.24, 2.45) is 5.10 Å². The molecule has 0 saturated carbocycles. The molecule has 1 aromatic rings. The molecule has 0 fully saturated rings. The first-order valence-electron chi connectivity index (χ1n) is 4.98. The van der Waals surface area contributed by atoms with Gasteiger partial charge in [-0.1, -0.05) is 6.07 Å². The lowest BCUT2D eigenvalue weighted by Crippen LogP contribution is -2.18. The molecule has 0 spiro atoms. The molecule has 1 amide bonds. The number of carbonyl (C=O) groups is 1. The first kappa shape index (κ1) is 12.8. The minimum absolute atomic E-state index is 0.0742. The minimum Gasteiger partial charge on any atom is -0.267 e. The Morgan fingerprint density at radius 2 is 2.06 bits per heavy atom. The summed E-state index contributed by atoms with van der Waals surface area (Å²) in [6.07, 6.45) is 0. The topological polar surface area (TPSA) is 84.6 Å². The average molecular weight is 235 g/mol. The van der Waals surface area contributed by atoms with Crippen molar-refractivity contribution in [1.82, 2.24) is 5.43 Å². The van der Waals surface area contributed by atoms with Gasteiger partial charge in [0, 0.05) is 22.9 Å². The summed E-state index contributed by atoms with van der Waals surface area (Å²) in [5, 5.41) is 14.5. The Kier molecular flexibility index (Phi) is 3.92. The van der Waals surface area contributed by atoms with Crippen LogP contribution in [0.15, 0.2) is 23.3 Å². The van der Waals surface area contributed by atoms with Gasteiger partial charge < -0.3 is 0 Å². The molecule has 0 aromatic heterocycles. The quantitative estimate of drug-likeness (QED) is 0.494. The van der Waals surface area contributed by atoms with E-state index in [0.29, 0.717) is 11.3 Å². The summed E-state index contributed by atoms with van der Waals surface area (Å²) in [6.45, 7) is 5.09. The van der Waals surface area contributed by atoms with Crippen LogP contribution < -0.4 is 5.43 Å². The van der Waals surface area contributed by atoms with Crippen LogP contribution in [0.2, 0.25) is 0 Å². The van der Waals surface area contributed by atoms with E-state index in [1.165, 1.54) is 18.2 Å². The van der Waals surface area contributed by atoms with E-state index >= 15 is 0 Å². The molecule has 90 valence electrons. The van der Waals surface area contributed by atoms with Gasteiger partial charge in [0.1, 0.15) is 0 Å². The summed E-state index contributed by atoms with van der Waals surface area (Å²) in [5.41, 5.74) is 3.66. The highest BCUT2D eigenvalue weighted by atomic mass is 16.6. The van der Waals surface area contributed by atoms with E-state index in [9.17, 15) is 14.9 Å². The maximum absolute atomic E-state index is 11.6. The Balaban J connectivity index is 3.00. The smallest absolute Gasteiger partial charge is 0.267 e. The van der Waals surface area contributed by atoms with E-state index in [4.69, 9.17) is 0 Å². The third-order valence-electron chi connectivity index (χ3n) is 2.05. The van der Waals surface area contributed by atoms with E-state index in [1.54, 1.807) is 20.8 Å². The first-order valence-corrected chi connectivity index (χ1v) is 4.98. The number of rotatable bonds is 3. The second-order valence-electron chi connectivity index (χ2n) is 3.76. The number of carbonyl (C=O) groups excluding carboxylic acids is 1. The molecule has 1 N–H and O–H groups in total. The second kappa shape index (κ2) is 5.20. The molecule has 0 aliphatic carbocycles. The number of nitro benzene ring substituents is 1. The van der Waals surface area contributed by atoms with Crippen molar-refractivity contribution >= 4 is 17.3 Å². The molecule has 0 heterocycles. The highest BCUT2D eigenvalue weighted by Crippen LogP contribution is 2.19. The molecule has 0 saturated heterocycles. The van der Waals surface area contributed by atoms with Crippen LogP contribution in [0.4, 0.5) is 5.69 Å². The van der Waals surface area contributed by atoms with Crippen molar-refractivity contribution in [3.8, 4) is 0 Å².